The number of rotatable bonds is 9. The van der Waals surface area contributed by atoms with Crippen molar-refractivity contribution in [3.05, 3.63) is 13.5 Å². The largest absolute Gasteiger partial charge is 0.376 e. The van der Waals surface area contributed by atoms with Gasteiger partial charge in [-0.15, -0.1) is 0 Å². The third-order valence-corrected chi connectivity index (χ3v) is 1.81. The number of ether oxygens (including phenoxy) is 1. The molecule has 0 aromatic heterocycles. The highest BCUT2D eigenvalue weighted by Gasteiger charge is 1.89. The Labute approximate surface area is 77.5 Å². The summed E-state index contributed by atoms with van der Waals surface area (Å²) in [5.41, 5.74) is 0. The first-order valence-corrected chi connectivity index (χ1v) is 5.14. The first-order valence-electron chi connectivity index (χ1n) is 5.14. The van der Waals surface area contributed by atoms with Crippen LogP contribution in [0.3, 0.4) is 0 Å². The lowest BCUT2D eigenvalue weighted by Gasteiger charge is -2.01. The highest BCUT2D eigenvalue weighted by atomic mass is 16.5. The van der Waals surface area contributed by atoms with Crippen LogP contribution in [0.1, 0.15) is 51.9 Å². The highest BCUT2D eigenvalue weighted by molar-refractivity contribution is 4.52. The van der Waals surface area contributed by atoms with Gasteiger partial charge in [-0.05, 0) is 12.8 Å². The third-order valence-electron chi connectivity index (χ3n) is 1.81. The van der Waals surface area contributed by atoms with Crippen molar-refractivity contribution in [1.82, 2.24) is 0 Å². The third kappa shape index (κ3) is 9.96. The molecular weight excluding hydrogens is 148 g/mol. The van der Waals surface area contributed by atoms with E-state index in [1.165, 1.54) is 25.7 Å². The van der Waals surface area contributed by atoms with Crippen LogP contribution in [0.2, 0.25) is 0 Å². The average molecular weight is 170 g/mol. The van der Waals surface area contributed by atoms with Gasteiger partial charge in [-0.2, -0.15) is 0 Å². The van der Waals surface area contributed by atoms with Gasteiger partial charge in [-0.1, -0.05) is 46.0 Å². The van der Waals surface area contributed by atoms with Gasteiger partial charge in [0.2, 0.25) is 0 Å². The summed E-state index contributed by atoms with van der Waals surface area (Å²) in [5.74, 6) is 0. The molecular formula is C11H22O. The summed E-state index contributed by atoms with van der Waals surface area (Å²) in [6, 6.07) is 0. The lowest BCUT2D eigenvalue weighted by atomic mass is 10.2. The molecule has 12 heavy (non-hydrogen) atoms. The van der Waals surface area contributed by atoms with Crippen LogP contribution in [-0.4, -0.2) is 6.61 Å². The first kappa shape index (κ1) is 12.0. The van der Waals surface area contributed by atoms with Crippen LogP contribution in [0.5, 0.6) is 0 Å². The van der Waals surface area contributed by atoms with Crippen LogP contribution < -0.4 is 0 Å². The van der Waals surface area contributed by atoms with Crippen LogP contribution in [0.15, 0.2) is 0 Å². The summed E-state index contributed by atoms with van der Waals surface area (Å²) >= 11 is 0. The molecule has 0 unspecified atom stereocenters. The monoisotopic (exact) mass is 170 g/mol. The summed E-state index contributed by atoms with van der Waals surface area (Å²) in [5, 5.41) is 0. The molecule has 0 aliphatic carbocycles. The first-order chi connectivity index (χ1) is 5.91. The average Bonchev–Trinajstić information content (AvgIpc) is 2.10. The standard InChI is InChI=1S/C11H22O/c1-3-5-7-9-11-12-10-8-6-4-2/h10H,2-9,11H2,1H3. The minimum atomic E-state index is 0.900. The fraction of sp³-hybridized carbons (Fsp3) is 0.818. The van der Waals surface area contributed by atoms with Crippen LogP contribution in [0.4, 0.5) is 0 Å². The fourth-order valence-electron chi connectivity index (χ4n) is 1.01. The van der Waals surface area contributed by atoms with E-state index in [0.29, 0.717) is 0 Å². The second-order valence-corrected chi connectivity index (χ2v) is 3.09. The van der Waals surface area contributed by atoms with Crippen molar-refractivity contribution >= 4 is 0 Å². The molecule has 1 heteroatoms. The number of hydrogen-bond acceptors (Lipinski definition) is 1. The van der Waals surface area contributed by atoms with Gasteiger partial charge < -0.3 is 4.74 Å². The zero-order valence-corrected chi connectivity index (χ0v) is 8.35. The van der Waals surface area contributed by atoms with Crippen LogP contribution in [-0.2, 0) is 4.74 Å². The summed E-state index contributed by atoms with van der Waals surface area (Å²) < 4.78 is 5.33. The Morgan fingerprint density at radius 1 is 1.17 bits per heavy atom. The Hall–Kier alpha value is -0.0400. The molecule has 0 aliphatic rings. The highest BCUT2D eigenvalue weighted by Crippen LogP contribution is 2.02. The molecule has 0 amide bonds. The maximum Gasteiger partial charge on any atom is 0.0836 e. The zero-order valence-electron chi connectivity index (χ0n) is 8.35. The Kier molecular flexibility index (Phi) is 10.9. The molecule has 1 nitrogen and oxygen atoms in total. The van der Waals surface area contributed by atoms with E-state index in [1.54, 1.807) is 0 Å². The molecule has 0 saturated heterocycles. The maximum absolute atomic E-state index is 5.33. The van der Waals surface area contributed by atoms with E-state index < -0.39 is 0 Å². The van der Waals surface area contributed by atoms with Gasteiger partial charge in [-0.3, -0.25) is 0 Å². The van der Waals surface area contributed by atoms with E-state index in [1.807, 2.05) is 6.61 Å². The van der Waals surface area contributed by atoms with Crippen molar-refractivity contribution in [1.29, 1.82) is 0 Å². The fourth-order valence-corrected chi connectivity index (χ4v) is 1.01. The summed E-state index contributed by atoms with van der Waals surface area (Å²) in [7, 11) is 0. The Bertz CT molecular complexity index is 61.4. The molecule has 0 aromatic carbocycles. The van der Waals surface area contributed by atoms with E-state index in [9.17, 15) is 0 Å². The molecule has 0 rings (SSSR count). The smallest absolute Gasteiger partial charge is 0.0836 e. The molecule has 0 aliphatic heterocycles. The zero-order chi connectivity index (χ0) is 9.07. The van der Waals surface area contributed by atoms with E-state index in [2.05, 4.69) is 13.8 Å². The molecule has 0 saturated carbocycles. The van der Waals surface area contributed by atoms with Crippen LogP contribution in [0, 0.1) is 13.5 Å². The summed E-state index contributed by atoms with van der Waals surface area (Å²) in [6.45, 7) is 8.82. The summed E-state index contributed by atoms with van der Waals surface area (Å²) in [4.78, 5) is 0. The second kappa shape index (κ2) is 11.0. The van der Waals surface area contributed by atoms with Crippen molar-refractivity contribution in [3.63, 3.8) is 0 Å². The van der Waals surface area contributed by atoms with Crippen molar-refractivity contribution in [3.8, 4) is 0 Å². The minimum absolute atomic E-state index is 0.900. The summed E-state index contributed by atoms with van der Waals surface area (Å²) in [6.07, 6.45) is 8.35. The number of hydrogen-bond donors (Lipinski definition) is 0. The molecule has 0 heterocycles. The molecule has 0 spiro atoms. The van der Waals surface area contributed by atoms with Gasteiger partial charge in [0.15, 0.2) is 0 Å². The van der Waals surface area contributed by atoms with Gasteiger partial charge in [0.05, 0.1) is 6.61 Å². The normalized spacial score (nSPS) is 10.5. The van der Waals surface area contributed by atoms with Gasteiger partial charge >= 0.3 is 0 Å². The minimum Gasteiger partial charge on any atom is -0.376 e. The Morgan fingerprint density at radius 3 is 2.67 bits per heavy atom. The molecule has 0 aromatic rings. The van der Waals surface area contributed by atoms with E-state index in [4.69, 9.17) is 4.74 Å². The van der Waals surface area contributed by atoms with E-state index in [-0.39, 0.29) is 0 Å². The van der Waals surface area contributed by atoms with Crippen molar-refractivity contribution in [2.45, 2.75) is 51.9 Å². The number of unbranched alkanes of at least 4 members (excludes halogenated alkanes) is 5. The van der Waals surface area contributed by atoms with Crippen LogP contribution >= 0.6 is 0 Å². The van der Waals surface area contributed by atoms with Crippen molar-refractivity contribution in [2.24, 2.45) is 0 Å². The van der Waals surface area contributed by atoms with E-state index >= 15 is 0 Å². The predicted molar refractivity (Wildman–Crippen MR) is 53.6 cm³/mol. The topological polar surface area (TPSA) is 9.23 Å². The predicted octanol–water partition coefficient (Wildman–Crippen LogP) is 3.75. The molecule has 0 bridgehead atoms. The van der Waals surface area contributed by atoms with Gasteiger partial charge in [0.25, 0.3) is 0 Å². The van der Waals surface area contributed by atoms with E-state index in [0.717, 1.165) is 25.9 Å². The molecule has 0 fully saturated rings. The van der Waals surface area contributed by atoms with Crippen molar-refractivity contribution < 1.29 is 4.74 Å². The Balaban J connectivity index is 2.73. The molecule has 0 N–H and O–H groups in total. The second-order valence-electron chi connectivity index (χ2n) is 3.09. The van der Waals surface area contributed by atoms with Gasteiger partial charge in [0, 0.05) is 6.61 Å². The van der Waals surface area contributed by atoms with Crippen LogP contribution in [0.25, 0.3) is 0 Å². The maximum atomic E-state index is 5.33. The quantitative estimate of drug-likeness (QED) is 0.479. The van der Waals surface area contributed by atoms with Gasteiger partial charge in [-0.25, -0.2) is 0 Å². The molecule has 2 radical (unpaired) electrons. The molecule has 72 valence electrons. The van der Waals surface area contributed by atoms with Gasteiger partial charge in [0.1, 0.15) is 0 Å². The lowest BCUT2D eigenvalue weighted by molar-refractivity contribution is 0.184. The molecule has 0 atom stereocenters. The SMILES string of the molecule is [CH2]CCC[CH]OCCCCCC. The van der Waals surface area contributed by atoms with Crippen molar-refractivity contribution in [2.75, 3.05) is 6.61 Å². The Morgan fingerprint density at radius 2 is 2.00 bits per heavy atom. The lowest BCUT2D eigenvalue weighted by Crippen LogP contribution is -1.91.